The van der Waals surface area contributed by atoms with Gasteiger partial charge < -0.3 is 5.32 Å². The highest BCUT2D eigenvalue weighted by molar-refractivity contribution is 7.81. The number of hydrogen-bond donors (Lipinski definition) is 1. The fraction of sp³-hybridized carbons (Fsp3) is 0. The largest absolute Gasteiger partial charge is 0.337 e. The molecule has 0 saturated carbocycles. The van der Waals surface area contributed by atoms with E-state index in [1.807, 2.05) is 0 Å². The SMILES string of the molecule is N#CC(=S)Nc1ccc([N+](=O)[O-])cc1C#N. The number of nitrogens with one attached hydrogen (secondary N) is 1. The van der Waals surface area contributed by atoms with Gasteiger partial charge in [-0.1, -0.05) is 0 Å². The third-order valence-electron chi connectivity index (χ3n) is 1.68. The Balaban J connectivity index is 3.14. The van der Waals surface area contributed by atoms with Crippen LogP contribution in [0.4, 0.5) is 11.4 Å². The number of thiocarbonyl (C=S) groups is 1. The van der Waals surface area contributed by atoms with E-state index in [1.165, 1.54) is 12.1 Å². The third kappa shape index (κ3) is 2.50. The molecule has 78 valence electrons. The molecular weight excluding hydrogens is 228 g/mol. The van der Waals surface area contributed by atoms with E-state index in [2.05, 4.69) is 17.5 Å². The minimum absolute atomic E-state index is 0.0619. The maximum Gasteiger partial charge on any atom is 0.270 e. The molecule has 0 radical (unpaired) electrons. The van der Waals surface area contributed by atoms with E-state index in [0.717, 1.165) is 6.07 Å². The van der Waals surface area contributed by atoms with E-state index in [9.17, 15) is 10.1 Å². The predicted molar refractivity (Wildman–Crippen MR) is 59.6 cm³/mol. The summed E-state index contributed by atoms with van der Waals surface area (Å²) in [7, 11) is 0. The van der Waals surface area contributed by atoms with Gasteiger partial charge in [-0.05, 0) is 18.3 Å². The number of benzene rings is 1. The number of nitro groups is 1. The average molecular weight is 232 g/mol. The molecule has 0 aliphatic carbocycles. The third-order valence-corrected chi connectivity index (χ3v) is 1.88. The lowest BCUT2D eigenvalue weighted by Gasteiger charge is -2.03. The molecule has 0 aliphatic heterocycles. The maximum atomic E-state index is 10.5. The smallest absolute Gasteiger partial charge is 0.270 e. The van der Waals surface area contributed by atoms with E-state index in [0.29, 0.717) is 0 Å². The summed E-state index contributed by atoms with van der Waals surface area (Å²) in [6.07, 6.45) is 0. The van der Waals surface area contributed by atoms with Gasteiger partial charge in [0.1, 0.15) is 12.1 Å². The zero-order chi connectivity index (χ0) is 12.1. The van der Waals surface area contributed by atoms with Gasteiger partial charge in [0.2, 0.25) is 0 Å². The van der Waals surface area contributed by atoms with Crippen molar-refractivity contribution in [1.29, 1.82) is 10.5 Å². The summed E-state index contributed by atoms with van der Waals surface area (Å²) in [6, 6.07) is 7.14. The summed E-state index contributed by atoms with van der Waals surface area (Å²) < 4.78 is 0. The van der Waals surface area contributed by atoms with Crippen molar-refractivity contribution in [3.8, 4) is 12.1 Å². The minimum Gasteiger partial charge on any atom is -0.337 e. The van der Waals surface area contributed by atoms with Crippen LogP contribution in [0.1, 0.15) is 5.56 Å². The molecule has 1 rings (SSSR count). The molecule has 7 heteroatoms. The Morgan fingerprint density at radius 3 is 2.69 bits per heavy atom. The fourth-order valence-corrected chi connectivity index (χ4v) is 1.11. The zero-order valence-electron chi connectivity index (χ0n) is 7.80. The molecule has 0 heterocycles. The Bertz CT molecular complexity index is 541. The highest BCUT2D eigenvalue weighted by Gasteiger charge is 2.10. The standard InChI is InChI=1S/C9H4N4O2S/c10-4-6-3-7(13(14)15)1-2-8(6)12-9(16)5-11/h1-3H,(H,12,16). The van der Waals surface area contributed by atoms with Crippen molar-refractivity contribution in [2.45, 2.75) is 0 Å². The van der Waals surface area contributed by atoms with Crippen LogP contribution in [0.2, 0.25) is 0 Å². The molecule has 0 aliphatic rings. The molecule has 1 aromatic carbocycles. The maximum absolute atomic E-state index is 10.5. The van der Waals surface area contributed by atoms with E-state index in [1.54, 1.807) is 12.1 Å². The van der Waals surface area contributed by atoms with Crippen LogP contribution < -0.4 is 5.32 Å². The van der Waals surface area contributed by atoms with Crippen molar-refractivity contribution >= 4 is 28.6 Å². The second kappa shape index (κ2) is 4.82. The monoisotopic (exact) mass is 232 g/mol. The van der Waals surface area contributed by atoms with E-state index < -0.39 is 4.92 Å². The molecule has 0 spiro atoms. The van der Waals surface area contributed by atoms with Gasteiger partial charge in [0.15, 0.2) is 4.99 Å². The highest BCUT2D eigenvalue weighted by Crippen LogP contribution is 2.21. The molecular formula is C9H4N4O2S. The number of anilines is 1. The quantitative estimate of drug-likeness (QED) is 0.473. The lowest BCUT2D eigenvalue weighted by atomic mass is 10.1. The molecule has 16 heavy (non-hydrogen) atoms. The number of nitro benzene ring substituents is 1. The van der Waals surface area contributed by atoms with Crippen LogP contribution >= 0.6 is 12.2 Å². The van der Waals surface area contributed by atoms with E-state index in [4.69, 9.17) is 10.5 Å². The van der Waals surface area contributed by atoms with Gasteiger partial charge in [-0.3, -0.25) is 10.1 Å². The van der Waals surface area contributed by atoms with Gasteiger partial charge in [0.05, 0.1) is 16.2 Å². The number of hydrogen-bond acceptors (Lipinski definition) is 5. The first kappa shape index (κ1) is 11.6. The summed E-state index contributed by atoms with van der Waals surface area (Å²) >= 11 is 4.61. The first-order chi connectivity index (χ1) is 7.58. The molecule has 0 amide bonds. The van der Waals surface area contributed by atoms with Crippen LogP contribution in [0.15, 0.2) is 18.2 Å². The number of nitriles is 2. The van der Waals surface area contributed by atoms with Crippen molar-refractivity contribution in [2.24, 2.45) is 0 Å². The summed E-state index contributed by atoms with van der Waals surface area (Å²) in [5.41, 5.74) is 0.149. The lowest BCUT2D eigenvalue weighted by Crippen LogP contribution is -2.07. The Kier molecular flexibility index (Phi) is 3.49. The fourth-order valence-electron chi connectivity index (χ4n) is 0.998. The number of rotatable bonds is 2. The Hall–Kier alpha value is -2.51. The number of nitrogens with zero attached hydrogens (tertiary/aromatic N) is 3. The summed E-state index contributed by atoms with van der Waals surface area (Å²) in [6.45, 7) is 0. The van der Waals surface area contributed by atoms with E-state index >= 15 is 0 Å². The van der Waals surface area contributed by atoms with Crippen LogP contribution in [0, 0.1) is 32.8 Å². The van der Waals surface area contributed by atoms with Crippen molar-refractivity contribution in [3.05, 3.63) is 33.9 Å². The van der Waals surface area contributed by atoms with Gasteiger partial charge in [0, 0.05) is 12.1 Å². The van der Waals surface area contributed by atoms with Crippen molar-refractivity contribution in [2.75, 3.05) is 5.32 Å². The molecule has 0 atom stereocenters. The molecule has 0 unspecified atom stereocenters. The Morgan fingerprint density at radius 2 is 2.19 bits per heavy atom. The zero-order valence-corrected chi connectivity index (χ0v) is 8.61. The minimum atomic E-state index is -0.604. The summed E-state index contributed by atoms with van der Waals surface area (Å²) in [5.74, 6) is 0. The molecule has 0 fully saturated rings. The van der Waals surface area contributed by atoms with Crippen LogP contribution in [-0.2, 0) is 0 Å². The van der Waals surface area contributed by atoms with Crippen molar-refractivity contribution in [1.82, 2.24) is 0 Å². The first-order valence-corrected chi connectivity index (χ1v) is 4.39. The molecule has 0 bridgehead atoms. The second-order valence-electron chi connectivity index (χ2n) is 2.66. The van der Waals surface area contributed by atoms with Crippen LogP contribution in [-0.4, -0.2) is 9.91 Å². The Labute approximate surface area is 95.9 Å². The highest BCUT2D eigenvalue weighted by atomic mass is 32.1. The second-order valence-corrected chi connectivity index (χ2v) is 3.07. The number of non-ortho nitro benzene ring substituents is 1. The predicted octanol–water partition coefficient (Wildman–Crippen LogP) is 1.73. The topological polar surface area (TPSA) is 103 Å². The van der Waals surface area contributed by atoms with Crippen LogP contribution in [0.3, 0.4) is 0 Å². The molecule has 0 saturated heterocycles. The van der Waals surface area contributed by atoms with Gasteiger partial charge in [-0.15, -0.1) is 0 Å². The summed E-state index contributed by atoms with van der Waals surface area (Å²) in [5, 5.41) is 30.2. The van der Waals surface area contributed by atoms with Crippen LogP contribution in [0.25, 0.3) is 0 Å². The van der Waals surface area contributed by atoms with Gasteiger partial charge in [-0.2, -0.15) is 10.5 Å². The lowest BCUT2D eigenvalue weighted by molar-refractivity contribution is -0.384. The molecule has 0 aromatic heterocycles. The van der Waals surface area contributed by atoms with Crippen molar-refractivity contribution < 1.29 is 4.92 Å². The molecule has 1 N–H and O–H groups in total. The van der Waals surface area contributed by atoms with Gasteiger partial charge >= 0.3 is 0 Å². The Morgan fingerprint density at radius 1 is 1.50 bits per heavy atom. The molecule has 6 nitrogen and oxygen atoms in total. The van der Waals surface area contributed by atoms with Gasteiger partial charge in [-0.25, -0.2) is 0 Å². The van der Waals surface area contributed by atoms with E-state index in [-0.39, 0.29) is 21.9 Å². The molecule has 1 aromatic rings. The van der Waals surface area contributed by atoms with Crippen LogP contribution in [0.5, 0.6) is 0 Å². The van der Waals surface area contributed by atoms with Crippen molar-refractivity contribution in [3.63, 3.8) is 0 Å². The summed E-state index contributed by atoms with van der Waals surface area (Å²) in [4.78, 5) is 9.75. The first-order valence-electron chi connectivity index (χ1n) is 3.98. The average Bonchev–Trinajstić information content (AvgIpc) is 2.29. The van der Waals surface area contributed by atoms with Gasteiger partial charge in [0.25, 0.3) is 5.69 Å². The normalized spacial score (nSPS) is 8.62.